The molecule has 0 saturated heterocycles. The van der Waals surface area contributed by atoms with E-state index in [0.29, 0.717) is 12.3 Å². The second-order valence-electron chi connectivity index (χ2n) is 3.24. The summed E-state index contributed by atoms with van der Waals surface area (Å²) in [5, 5.41) is 0. The number of ketones is 1. The predicted molar refractivity (Wildman–Crippen MR) is 62.0 cm³/mol. The number of Topliss-reactive ketones (excluding diaryl/α,β-unsaturated/α-hetero) is 1. The number of hydrogen-bond donors (Lipinski definition) is 0. The molecular formula is C12H15ClO2. The molecule has 3 heteroatoms. The predicted octanol–water partition coefficient (Wildman–Crippen LogP) is 3.07. The molecule has 0 aliphatic rings. The van der Waals surface area contributed by atoms with E-state index < -0.39 is 0 Å². The Bertz CT molecular complexity index is 347. The lowest BCUT2D eigenvalue weighted by molar-refractivity contribution is 0.0988. The molecule has 0 aliphatic heterocycles. The van der Waals surface area contributed by atoms with Crippen LogP contribution in [0.5, 0.6) is 5.75 Å². The summed E-state index contributed by atoms with van der Waals surface area (Å²) in [5.41, 5.74) is 1.78. The number of carbonyl (C=O) groups excluding carboxylic acids is 1. The number of aryl methyl sites for hydroxylation is 1. The number of halogens is 1. The van der Waals surface area contributed by atoms with Crippen LogP contribution in [0, 0.1) is 0 Å². The zero-order valence-electron chi connectivity index (χ0n) is 9.05. The SMILES string of the molecule is CCc1cc(OC)ccc1C(=O)CCCl. The monoisotopic (exact) mass is 226 g/mol. The summed E-state index contributed by atoms with van der Waals surface area (Å²) in [4.78, 5) is 11.7. The van der Waals surface area contributed by atoms with Gasteiger partial charge in [-0.05, 0) is 30.2 Å². The summed E-state index contributed by atoms with van der Waals surface area (Å²) in [5.74, 6) is 1.26. The standard InChI is InChI=1S/C12H15ClO2/c1-3-9-8-10(15-2)4-5-11(9)12(14)6-7-13/h4-5,8H,3,6-7H2,1-2H3. The molecule has 15 heavy (non-hydrogen) atoms. The van der Waals surface area contributed by atoms with Crippen molar-refractivity contribution in [3.8, 4) is 5.75 Å². The van der Waals surface area contributed by atoms with Crippen LogP contribution in [-0.4, -0.2) is 18.8 Å². The quantitative estimate of drug-likeness (QED) is 0.570. The molecule has 0 fully saturated rings. The fourth-order valence-corrected chi connectivity index (χ4v) is 1.65. The van der Waals surface area contributed by atoms with Crippen molar-refractivity contribution in [1.82, 2.24) is 0 Å². The lowest BCUT2D eigenvalue weighted by Crippen LogP contribution is -2.04. The third kappa shape index (κ3) is 2.96. The van der Waals surface area contributed by atoms with Crippen molar-refractivity contribution in [2.45, 2.75) is 19.8 Å². The van der Waals surface area contributed by atoms with Crippen LogP contribution in [0.1, 0.15) is 29.3 Å². The second-order valence-corrected chi connectivity index (χ2v) is 3.62. The average molecular weight is 227 g/mol. The van der Waals surface area contributed by atoms with Crippen molar-refractivity contribution >= 4 is 17.4 Å². The van der Waals surface area contributed by atoms with Crippen LogP contribution in [0.3, 0.4) is 0 Å². The van der Waals surface area contributed by atoms with E-state index in [4.69, 9.17) is 16.3 Å². The molecule has 0 radical (unpaired) electrons. The molecule has 0 atom stereocenters. The van der Waals surface area contributed by atoms with Gasteiger partial charge in [0.25, 0.3) is 0 Å². The van der Waals surface area contributed by atoms with E-state index in [1.54, 1.807) is 13.2 Å². The van der Waals surface area contributed by atoms with Gasteiger partial charge >= 0.3 is 0 Å². The van der Waals surface area contributed by atoms with E-state index in [0.717, 1.165) is 23.3 Å². The Hall–Kier alpha value is -1.02. The summed E-state index contributed by atoms with van der Waals surface area (Å²) in [6.45, 7) is 2.02. The van der Waals surface area contributed by atoms with Gasteiger partial charge in [0.05, 0.1) is 7.11 Å². The molecule has 1 rings (SSSR count). The molecule has 0 amide bonds. The molecule has 1 aromatic carbocycles. The van der Waals surface area contributed by atoms with E-state index in [9.17, 15) is 4.79 Å². The smallest absolute Gasteiger partial charge is 0.164 e. The first-order chi connectivity index (χ1) is 7.22. The van der Waals surface area contributed by atoms with Crippen LogP contribution in [0.15, 0.2) is 18.2 Å². The highest BCUT2D eigenvalue weighted by atomic mass is 35.5. The van der Waals surface area contributed by atoms with Crippen LogP contribution in [-0.2, 0) is 6.42 Å². The molecule has 0 bridgehead atoms. The molecule has 0 spiro atoms. The number of methoxy groups -OCH3 is 1. The Balaban J connectivity index is 3.02. The highest BCUT2D eigenvalue weighted by Crippen LogP contribution is 2.19. The summed E-state index contributed by atoms with van der Waals surface area (Å²) >= 11 is 5.55. The molecule has 0 aliphatic carbocycles. The van der Waals surface area contributed by atoms with E-state index in [1.807, 2.05) is 19.1 Å². The van der Waals surface area contributed by atoms with Gasteiger partial charge in [-0.2, -0.15) is 0 Å². The highest BCUT2D eigenvalue weighted by molar-refractivity contribution is 6.19. The van der Waals surface area contributed by atoms with Crippen molar-refractivity contribution in [3.05, 3.63) is 29.3 Å². The van der Waals surface area contributed by atoms with Gasteiger partial charge in [-0.15, -0.1) is 11.6 Å². The zero-order valence-corrected chi connectivity index (χ0v) is 9.80. The Morgan fingerprint density at radius 1 is 1.47 bits per heavy atom. The van der Waals surface area contributed by atoms with Crippen LogP contribution < -0.4 is 4.74 Å². The summed E-state index contributed by atoms with van der Waals surface area (Å²) < 4.78 is 5.11. The minimum Gasteiger partial charge on any atom is -0.497 e. The summed E-state index contributed by atoms with van der Waals surface area (Å²) in [7, 11) is 1.62. The molecule has 0 unspecified atom stereocenters. The average Bonchev–Trinajstić information content (AvgIpc) is 2.28. The van der Waals surface area contributed by atoms with Crippen LogP contribution in [0.2, 0.25) is 0 Å². The Morgan fingerprint density at radius 3 is 2.73 bits per heavy atom. The van der Waals surface area contributed by atoms with Crippen LogP contribution >= 0.6 is 11.6 Å². The first-order valence-electron chi connectivity index (χ1n) is 4.99. The Kier molecular flexibility index (Phi) is 4.63. The maximum atomic E-state index is 11.7. The minimum absolute atomic E-state index is 0.101. The maximum absolute atomic E-state index is 11.7. The number of benzene rings is 1. The third-order valence-electron chi connectivity index (χ3n) is 2.32. The number of ether oxygens (including phenoxy) is 1. The highest BCUT2D eigenvalue weighted by Gasteiger charge is 2.10. The number of carbonyl (C=O) groups is 1. The van der Waals surface area contributed by atoms with Crippen molar-refractivity contribution in [3.63, 3.8) is 0 Å². The maximum Gasteiger partial charge on any atom is 0.164 e. The lowest BCUT2D eigenvalue weighted by Gasteiger charge is -2.08. The molecule has 2 nitrogen and oxygen atoms in total. The van der Waals surface area contributed by atoms with Gasteiger partial charge in [0.1, 0.15) is 5.75 Å². The van der Waals surface area contributed by atoms with Gasteiger partial charge in [0, 0.05) is 17.9 Å². The van der Waals surface area contributed by atoms with E-state index in [2.05, 4.69) is 0 Å². The molecule has 0 heterocycles. The normalized spacial score (nSPS) is 10.1. The van der Waals surface area contributed by atoms with Crippen LogP contribution in [0.25, 0.3) is 0 Å². The number of alkyl halides is 1. The first-order valence-corrected chi connectivity index (χ1v) is 5.52. The first kappa shape index (κ1) is 12.1. The van der Waals surface area contributed by atoms with Crippen molar-refractivity contribution in [2.75, 3.05) is 13.0 Å². The topological polar surface area (TPSA) is 26.3 Å². The second kappa shape index (κ2) is 5.76. The lowest BCUT2D eigenvalue weighted by atomic mass is 10.00. The van der Waals surface area contributed by atoms with Gasteiger partial charge in [-0.25, -0.2) is 0 Å². The van der Waals surface area contributed by atoms with E-state index >= 15 is 0 Å². The van der Waals surface area contributed by atoms with Gasteiger partial charge in [-0.3, -0.25) is 4.79 Å². The van der Waals surface area contributed by atoms with Gasteiger partial charge in [0.15, 0.2) is 5.78 Å². The molecule has 0 saturated carbocycles. The van der Waals surface area contributed by atoms with E-state index in [-0.39, 0.29) is 5.78 Å². The Morgan fingerprint density at radius 2 is 2.20 bits per heavy atom. The number of rotatable bonds is 5. The van der Waals surface area contributed by atoms with Gasteiger partial charge in [0.2, 0.25) is 0 Å². The molecule has 0 N–H and O–H groups in total. The fraction of sp³-hybridized carbons (Fsp3) is 0.417. The summed E-state index contributed by atoms with van der Waals surface area (Å²) in [6, 6.07) is 5.52. The van der Waals surface area contributed by atoms with Gasteiger partial charge < -0.3 is 4.74 Å². The fourth-order valence-electron chi connectivity index (χ4n) is 1.48. The number of hydrogen-bond acceptors (Lipinski definition) is 2. The Labute approximate surface area is 95.2 Å². The van der Waals surface area contributed by atoms with Crippen molar-refractivity contribution < 1.29 is 9.53 Å². The summed E-state index contributed by atoms with van der Waals surface area (Å²) in [6.07, 6.45) is 1.21. The molecule has 82 valence electrons. The molecule has 1 aromatic rings. The third-order valence-corrected chi connectivity index (χ3v) is 2.50. The molecule has 0 aromatic heterocycles. The van der Waals surface area contributed by atoms with E-state index in [1.165, 1.54) is 0 Å². The minimum atomic E-state index is 0.101. The van der Waals surface area contributed by atoms with Crippen LogP contribution in [0.4, 0.5) is 0 Å². The molecular weight excluding hydrogens is 212 g/mol. The van der Waals surface area contributed by atoms with Crippen molar-refractivity contribution in [1.29, 1.82) is 0 Å². The largest absolute Gasteiger partial charge is 0.497 e. The van der Waals surface area contributed by atoms with Gasteiger partial charge in [-0.1, -0.05) is 6.92 Å². The van der Waals surface area contributed by atoms with Crippen molar-refractivity contribution in [2.24, 2.45) is 0 Å². The zero-order chi connectivity index (χ0) is 11.3.